The number of rotatable bonds is 2. The zero-order valence-electron chi connectivity index (χ0n) is 13.1. The van der Waals surface area contributed by atoms with Crippen molar-refractivity contribution in [2.45, 2.75) is 0 Å². The zero-order chi connectivity index (χ0) is 16.8. The van der Waals surface area contributed by atoms with Crippen LogP contribution in [-0.4, -0.2) is 19.9 Å². The molecule has 0 aliphatic heterocycles. The average Bonchev–Trinajstić information content (AvgIpc) is 3.27. The van der Waals surface area contributed by atoms with Gasteiger partial charge in [-0.05, 0) is 42.0 Å². The number of hydrogen-bond donors (Lipinski definition) is 2. The zero-order valence-corrected chi connectivity index (χ0v) is 13.1. The lowest BCUT2D eigenvalue weighted by atomic mass is 9.98. The van der Waals surface area contributed by atoms with Crippen molar-refractivity contribution in [2.75, 3.05) is 0 Å². The third-order valence-electron chi connectivity index (χ3n) is 4.45. The number of aromatic nitrogens is 4. The maximum atomic E-state index is 13.4. The van der Waals surface area contributed by atoms with E-state index in [-0.39, 0.29) is 5.82 Å². The third kappa shape index (κ3) is 2.13. The number of fused-ring (bicyclic) bond motifs is 3. The molecule has 0 aliphatic carbocycles. The molecule has 0 fully saturated rings. The minimum atomic E-state index is -0.251. The van der Waals surface area contributed by atoms with Crippen LogP contribution in [0.4, 0.5) is 4.39 Å². The molecule has 3 aromatic heterocycles. The van der Waals surface area contributed by atoms with E-state index in [0.29, 0.717) is 0 Å². The van der Waals surface area contributed by atoms with Gasteiger partial charge in [0.05, 0.1) is 23.1 Å². The van der Waals surface area contributed by atoms with Gasteiger partial charge in [0.2, 0.25) is 0 Å². The van der Waals surface area contributed by atoms with Crippen LogP contribution in [0.25, 0.3) is 44.3 Å². The molecule has 25 heavy (non-hydrogen) atoms. The van der Waals surface area contributed by atoms with Crippen LogP contribution in [-0.2, 0) is 0 Å². The normalized spacial score (nSPS) is 11.4. The molecule has 5 aromatic rings. The molecule has 0 atom stereocenters. The molecule has 0 unspecified atom stereocenters. The van der Waals surface area contributed by atoms with Crippen LogP contribution in [0.5, 0.6) is 0 Å². The van der Waals surface area contributed by atoms with Gasteiger partial charge in [0.25, 0.3) is 0 Å². The number of aromatic amines is 2. The Kier molecular flexibility index (Phi) is 2.94. The van der Waals surface area contributed by atoms with Gasteiger partial charge in [-0.25, -0.2) is 9.37 Å². The van der Waals surface area contributed by atoms with E-state index in [0.717, 1.165) is 44.3 Å². The number of benzene rings is 2. The Hall–Kier alpha value is -3.47. The summed E-state index contributed by atoms with van der Waals surface area (Å²) in [5.41, 5.74) is 6.80. The molecule has 5 heteroatoms. The van der Waals surface area contributed by atoms with E-state index in [1.54, 1.807) is 30.9 Å². The van der Waals surface area contributed by atoms with Gasteiger partial charge in [-0.3, -0.25) is 4.98 Å². The monoisotopic (exact) mass is 328 g/mol. The minimum absolute atomic E-state index is 0.251. The molecule has 2 N–H and O–H groups in total. The van der Waals surface area contributed by atoms with Gasteiger partial charge in [-0.2, -0.15) is 0 Å². The van der Waals surface area contributed by atoms with Crippen LogP contribution in [0.3, 0.4) is 0 Å². The van der Waals surface area contributed by atoms with Crippen LogP contribution in [0.1, 0.15) is 0 Å². The summed E-state index contributed by atoms with van der Waals surface area (Å²) in [4.78, 5) is 15.2. The third-order valence-corrected chi connectivity index (χ3v) is 4.45. The number of nitrogens with zero attached hydrogens (tertiary/aromatic N) is 2. The van der Waals surface area contributed by atoms with Crippen LogP contribution >= 0.6 is 0 Å². The highest BCUT2D eigenvalue weighted by molar-refractivity contribution is 6.15. The summed E-state index contributed by atoms with van der Waals surface area (Å²) >= 11 is 0. The molecule has 2 aromatic carbocycles. The first-order valence-electron chi connectivity index (χ1n) is 7.95. The van der Waals surface area contributed by atoms with Gasteiger partial charge in [0.15, 0.2) is 0 Å². The topological polar surface area (TPSA) is 57.4 Å². The largest absolute Gasteiger partial charge is 0.354 e. The fraction of sp³-hybridized carbons (Fsp3) is 0. The Morgan fingerprint density at radius 3 is 2.36 bits per heavy atom. The number of hydrogen-bond acceptors (Lipinski definition) is 2. The molecule has 0 saturated carbocycles. The smallest absolute Gasteiger partial charge is 0.123 e. The maximum absolute atomic E-state index is 13.4. The number of pyridine rings is 1. The average molecular weight is 328 g/mol. The number of halogens is 1. The highest BCUT2D eigenvalue weighted by Gasteiger charge is 2.18. The Labute approximate surface area is 142 Å². The van der Waals surface area contributed by atoms with Crippen molar-refractivity contribution < 1.29 is 4.39 Å². The van der Waals surface area contributed by atoms with Gasteiger partial charge >= 0.3 is 0 Å². The first kappa shape index (κ1) is 13.9. The summed E-state index contributed by atoms with van der Waals surface area (Å²) in [6.45, 7) is 0. The highest BCUT2D eigenvalue weighted by Crippen LogP contribution is 2.40. The lowest BCUT2D eigenvalue weighted by molar-refractivity contribution is 0.628. The SMILES string of the molecule is Fc1ccc(-c2c(-c3ccncc3)[nH]c3ccc4[nH]cnc4c23)cc1. The second kappa shape index (κ2) is 5.27. The molecular weight excluding hydrogens is 315 g/mol. The summed E-state index contributed by atoms with van der Waals surface area (Å²) in [6.07, 6.45) is 5.22. The molecule has 0 spiro atoms. The summed E-state index contributed by atoms with van der Waals surface area (Å²) < 4.78 is 13.4. The summed E-state index contributed by atoms with van der Waals surface area (Å²) in [6, 6.07) is 14.5. The molecule has 5 rings (SSSR count). The van der Waals surface area contributed by atoms with E-state index < -0.39 is 0 Å². The molecule has 0 aliphatic rings. The van der Waals surface area contributed by atoms with Gasteiger partial charge < -0.3 is 9.97 Å². The van der Waals surface area contributed by atoms with Crippen molar-refractivity contribution in [1.82, 2.24) is 19.9 Å². The lowest BCUT2D eigenvalue weighted by Crippen LogP contribution is -1.84. The van der Waals surface area contributed by atoms with Crippen LogP contribution < -0.4 is 0 Å². The molecule has 3 heterocycles. The lowest BCUT2D eigenvalue weighted by Gasteiger charge is -2.06. The molecule has 0 saturated heterocycles. The van der Waals surface area contributed by atoms with E-state index in [1.165, 1.54) is 12.1 Å². The molecule has 0 amide bonds. The van der Waals surface area contributed by atoms with Crippen molar-refractivity contribution in [1.29, 1.82) is 0 Å². The van der Waals surface area contributed by atoms with Crippen molar-refractivity contribution in [3.05, 3.63) is 73.1 Å². The second-order valence-corrected chi connectivity index (χ2v) is 5.90. The standard InChI is InChI=1S/C20H13FN4/c21-14-3-1-12(2-4-14)17-18-15(5-6-16-20(18)24-11-23-16)25-19(17)13-7-9-22-10-8-13/h1-11,25H,(H,23,24). The number of imidazole rings is 1. The molecular formula is C20H13FN4. The number of H-pyrrole nitrogens is 2. The predicted molar refractivity (Wildman–Crippen MR) is 96.6 cm³/mol. The van der Waals surface area contributed by atoms with E-state index in [1.807, 2.05) is 24.3 Å². The van der Waals surface area contributed by atoms with Gasteiger partial charge in [0.1, 0.15) is 5.82 Å². The van der Waals surface area contributed by atoms with E-state index in [9.17, 15) is 4.39 Å². The van der Waals surface area contributed by atoms with E-state index in [4.69, 9.17) is 0 Å². The predicted octanol–water partition coefficient (Wildman–Crippen LogP) is 4.91. The van der Waals surface area contributed by atoms with E-state index in [2.05, 4.69) is 19.9 Å². The van der Waals surface area contributed by atoms with E-state index >= 15 is 0 Å². The van der Waals surface area contributed by atoms with Gasteiger partial charge in [0, 0.05) is 34.4 Å². The Morgan fingerprint density at radius 2 is 1.56 bits per heavy atom. The molecule has 4 nitrogen and oxygen atoms in total. The van der Waals surface area contributed by atoms with Crippen molar-refractivity contribution in [3.63, 3.8) is 0 Å². The maximum Gasteiger partial charge on any atom is 0.123 e. The quantitative estimate of drug-likeness (QED) is 0.483. The Morgan fingerprint density at radius 1 is 0.800 bits per heavy atom. The van der Waals surface area contributed by atoms with Crippen molar-refractivity contribution in [3.8, 4) is 22.4 Å². The van der Waals surface area contributed by atoms with Crippen LogP contribution in [0.2, 0.25) is 0 Å². The fourth-order valence-electron chi connectivity index (χ4n) is 3.33. The summed E-state index contributed by atoms with van der Waals surface area (Å²) in [5.74, 6) is -0.251. The fourth-order valence-corrected chi connectivity index (χ4v) is 3.33. The van der Waals surface area contributed by atoms with Crippen LogP contribution in [0.15, 0.2) is 67.3 Å². The van der Waals surface area contributed by atoms with Crippen LogP contribution in [0, 0.1) is 5.82 Å². The highest BCUT2D eigenvalue weighted by atomic mass is 19.1. The molecule has 0 bridgehead atoms. The number of nitrogens with one attached hydrogen (secondary N) is 2. The minimum Gasteiger partial charge on any atom is -0.354 e. The van der Waals surface area contributed by atoms with Gasteiger partial charge in [-0.1, -0.05) is 12.1 Å². The summed E-state index contributed by atoms with van der Waals surface area (Å²) in [5, 5.41) is 1.03. The second-order valence-electron chi connectivity index (χ2n) is 5.90. The van der Waals surface area contributed by atoms with Gasteiger partial charge in [-0.15, -0.1) is 0 Å². The van der Waals surface area contributed by atoms with Crippen molar-refractivity contribution in [2.24, 2.45) is 0 Å². The first-order chi connectivity index (χ1) is 12.3. The summed E-state index contributed by atoms with van der Waals surface area (Å²) in [7, 11) is 0. The van der Waals surface area contributed by atoms with Crippen molar-refractivity contribution >= 4 is 21.9 Å². The Balaban J connectivity index is 1.93. The molecule has 0 radical (unpaired) electrons. The molecule has 120 valence electrons. The first-order valence-corrected chi connectivity index (χ1v) is 7.95. The Bertz CT molecular complexity index is 1190.